The lowest BCUT2D eigenvalue weighted by Gasteiger charge is -2.26. The Kier molecular flexibility index (Phi) is 8.41. The summed E-state index contributed by atoms with van der Waals surface area (Å²) in [6, 6.07) is 18.3. The molecule has 0 saturated carbocycles. The molecule has 0 aliphatic heterocycles. The predicted octanol–water partition coefficient (Wildman–Crippen LogP) is 4.36. The molecular formula is C25H27ClN2O5S. The van der Waals surface area contributed by atoms with Crippen molar-refractivity contribution in [3.63, 3.8) is 0 Å². The van der Waals surface area contributed by atoms with E-state index in [4.69, 9.17) is 21.1 Å². The first-order valence-corrected chi connectivity index (χ1v) is 12.4. The summed E-state index contributed by atoms with van der Waals surface area (Å²) in [5.41, 5.74) is 2.30. The van der Waals surface area contributed by atoms with Gasteiger partial charge >= 0.3 is 0 Å². The first-order valence-electron chi connectivity index (χ1n) is 10.6. The fourth-order valence-corrected chi connectivity index (χ4v) is 4.99. The van der Waals surface area contributed by atoms with Crippen LogP contribution in [0.1, 0.15) is 11.1 Å². The van der Waals surface area contributed by atoms with Crippen molar-refractivity contribution in [3.8, 4) is 11.5 Å². The van der Waals surface area contributed by atoms with Crippen molar-refractivity contribution in [2.24, 2.45) is 0 Å². The van der Waals surface area contributed by atoms with Gasteiger partial charge in [-0.15, -0.1) is 0 Å². The van der Waals surface area contributed by atoms with Gasteiger partial charge < -0.3 is 14.8 Å². The van der Waals surface area contributed by atoms with Crippen LogP contribution < -0.4 is 19.1 Å². The molecule has 0 saturated heterocycles. The molecular weight excluding hydrogens is 476 g/mol. The number of halogens is 1. The van der Waals surface area contributed by atoms with Crippen molar-refractivity contribution in [1.82, 2.24) is 5.32 Å². The smallest absolute Gasteiger partial charge is 0.264 e. The molecule has 1 N–H and O–H groups in total. The Labute approximate surface area is 205 Å². The number of hydrogen-bond acceptors (Lipinski definition) is 5. The van der Waals surface area contributed by atoms with Crippen molar-refractivity contribution in [1.29, 1.82) is 0 Å². The molecule has 0 atom stereocenters. The minimum atomic E-state index is -4.08. The lowest BCUT2D eigenvalue weighted by molar-refractivity contribution is -0.119. The second-order valence-electron chi connectivity index (χ2n) is 7.61. The number of ether oxygens (including phenoxy) is 2. The quantitative estimate of drug-likeness (QED) is 0.416. The van der Waals surface area contributed by atoms with Crippen molar-refractivity contribution in [2.45, 2.75) is 18.7 Å². The van der Waals surface area contributed by atoms with Crippen LogP contribution in [0.3, 0.4) is 0 Å². The summed E-state index contributed by atoms with van der Waals surface area (Å²) in [5.74, 6) is 0.512. The standard InChI is InChI=1S/C25H27ClN2O5S/c1-18-9-11-23(19(2)15-18)33-14-13-27-25(29)17-28(22-16-20(26)10-12-24(22)32-3)34(30,31)21-7-5-4-6-8-21/h4-12,15-16H,13-14,17H2,1-3H3,(H,27,29). The highest BCUT2D eigenvalue weighted by molar-refractivity contribution is 7.92. The van der Waals surface area contributed by atoms with Gasteiger partial charge in [0.15, 0.2) is 0 Å². The van der Waals surface area contributed by atoms with Crippen molar-refractivity contribution in [2.75, 3.05) is 31.1 Å². The second-order valence-corrected chi connectivity index (χ2v) is 9.91. The van der Waals surface area contributed by atoms with Gasteiger partial charge in [-0.25, -0.2) is 8.42 Å². The maximum absolute atomic E-state index is 13.5. The minimum absolute atomic E-state index is 0.0445. The maximum Gasteiger partial charge on any atom is 0.264 e. The molecule has 0 aromatic heterocycles. The number of methoxy groups -OCH3 is 1. The number of nitrogens with zero attached hydrogens (tertiary/aromatic N) is 1. The van der Waals surface area contributed by atoms with E-state index in [1.807, 2.05) is 32.0 Å². The minimum Gasteiger partial charge on any atom is -0.495 e. The first kappa shape index (κ1) is 25.4. The number of rotatable bonds is 10. The normalized spacial score (nSPS) is 11.1. The monoisotopic (exact) mass is 502 g/mol. The van der Waals surface area contributed by atoms with E-state index in [0.717, 1.165) is 21.2 Å². The third-order valence-electron chi connectivity index (χ3n) is 5.04. The summed E-state index contributed by atoms with van der Waals surface area (Å²) in [6.45, 7) is 3.93. The summed E-state index contributed by atoms with van der Waals surface area (Å²) in [6.07, 6.45) is 0. The van der Waals surface area contributed by atoms with Gasteiger partial charge in [-0.3, -0.25) is 9.10 Å². The fourth-order valence-electron chi connectivity index (χ4n) is 3.38. The highest BCUT2D eigenvalue weighted by atomic mass is 35.5. The Morgan fingerprint density at radius 3 is 2.38 bits per heavy atom. The molecule has 3 aromatic carbocycles. The average molecular weight is 503 g/mol. The van der Waals surface area contributed by atoms with Gasteiger partial charge in [-0.2, -0.15) is 0 Å². The third-order valence-corrected chi connectivity index (χ3v) is 7.05. The van der Waals surface area contributed by atoms with E-state index in [-0.39, 0.29) is 29.5 Å². The lowest BCUT2D eigenvalue weighted by Crippen LogP contribution is -2.42. The SMILES string of the molecule is COc1ccc(Cl)cc1N(CC(=O)NCCOc1ccc(C)cc1C)S(=O)(=O)c1ccccc1. The Hall–Kier alpha value is -3.23. The number of carbonyl (C=O) groups excluding carboxylic acids is 1. The molecule has 0 fully saturated rings. The molecule has 0 aliphatic rings. The molecule has 0 aliphatic carbocycles. The highest BCUT2D eigenvalue weighted by Crippen LogP contribution is 2.34. The number of carbonyl (C=O) groups is 1. The number of benzene rings is 3. The van der Waals surface area contributed by atoms with Crippen molar-refractivity contribution >= 4 is 33.2 Å². The molecule has 0 unspecified atom stereocenters. The summed E-state index contributed by atoms with van der Waals surface area (Å²) in [5, 5.41) is 3.03. The molecule has 180 valence electrons. The van der Waals surface area contributed by atoms with E-state index >= 15 is 0 Å². The van der Waals surface area contributed by atoms with Gasteiger partial charge in [-0.1, -0.05) is 47.5 Å². The van der Waals surface area contributed by atoms with Crippen LogP contribution in [0.2, 0.25) is 5.02 Å². The second kappa shape index (κ2) is 11.3. The van der Waals surface area contributed by atoms with Gasteiger partial charge in [0, 0.05) is 5.02 Å². The number of amides is 1. The summed E-state index contributed by atoms with van der Waals surface area (Å²) in [7, 11) is -2.66. The van der Waals surface area contributed by atoms with Gasteiger partial charge in [-0.05, 0) is 55.8 Å². The molecule has 34 heavy (non-hydrogen) atoms. The summed E-state index contributed by atoms with van der Waals surface area (Å²) < 4.78 is 39.0. The van der Waals surface area contributed by atoms with Crippen LogP contribution in [-0.4, -0.2) is 41.1 Å². The zero-order valence-electron chi connectivity index (χ0n) is 19.2. The zero-order valence-corrected chi connectivity index (χ0v) is 20.8. The predicted molar refractivity (Wildman–Crippen MR) is 133 cm³/mol. The molecule has 7 nitrogen and oxygen atoms in total. The molecule has 0 spiro atoms. The Morgan fingerprint density at radius 2 is 1.71 bits per heavy atom. The summed E-state index contributed by atoms with van der Waals surface area (Å²) in [4.78, 5) is 12.8. The highest BCUT2D eigenvalue weighted by Gasteiger charge is 2.29. The van der Waals surface area contributed by atoms with Crippen LogP contribution >= 0.6 is 11.6 Å². The zero-order chi connectivity index (χ0) is 24.7. The third kappa shape index (κ3) is 6.21. The van der Waals surface area contributed by atoms with Crippen LogP contribution in [0.5, 0.6) is 11.5 Å². The molecule has 3 aromatic rings. The first-order chi connectivity index (χ1) is 16.2. The fraction of sp³-hybridized carbons (Fsp3) is 0.240. The van der Waals surface area contributed by atoms with Gasteiger partial charge in [0.05, 0.1) is 24.2 Å². The molecule has 1 amide bonds. The van der Waals surface area contributed by atoms with Crippen LogP contribution in [0, 0.1) is 13.8 Å². The average Bonchev–Trinajstić information content (AvgIpc) is 2.82. The molecule has 0 radical (unpaired) electrons. The largest absolute Gasteiger partial charge is 0.495 e. The van der Waals surface area contributed by atoms with Gasteiger partial charge in [0.2, 0.25) is 5.91 Å². The van der Waals surface area contributed by atoms with E-state index in [1.54, 1.807) is 30.3 Å². The van der Waals surface area contributed by atoms with Crippen molar-refractivity contribution in [3.05, 3.63) is 82.9 Å². The molecule has 0 heterocycles. The number of sulfonamides is 1. The molecule has 9 heteroatoms. The number of nitrogens with one attached hydrogen (secondary N) is 1. The Balaban J connectivity index is 1.76. The lowest BCUT2D eigenvalue weighted by atomic mass is 10.1. The van der Waals surface area contributed by atoms with E-state index in [9.17, 15) is 13.2 Å². The van der Waals surface area contributed by atoms with Gasteiger partial charge in [0.25, 0.3) is 10.0 Å². The van der Waals surface area contributed by atoms with E-state index < -0.39 is 22.5 Å². The number of anilines is 1. The van der Waals surface area contributed by atoms with E-state index in [2.05, 4.69) is 5.32 Å². The van der Waals surface area contributed by atoms with Crippen LogP contribution in [0.4, 0.5) is 5.69 Å². The molecule has 3 rings (SSSR count). The number of hydrogen-bond donors (Lipinski definition) is 1. The van der Waals surface area contributed by atoms with Crippen LogP contribution in [0.15, 0.2) is 71.6 Å². The maximum atomic E-state index is 13.5. The van der Waals surface area contributed by atoms with Gasteiger partial charge in [0.1, 0.15) is 24.7 Å². The van der Waals surface area contributed by atoms with Crippen LogP contribution in [-0.2, 0) is 14.8 Å². The van der Waals surface area contributed by atoms with Crippen molar-refractivity contribution < 1.29 is 22.7 Å². The number of aryl methyl sites for hydroxylation is 2. The molecule has 0 bridgehead atoms. The van der Waals surface area contributed by atoms with E-state index in [0.29, 0.717) is 5.02 Å². The topological polar surface area (TPSA) is 84.9 Å². The summed E-state index contributed by atoms with van der Waals surface area (Å²) >= 11 is 6.14. The Morgan fingerprint density at radius 1 is 1.00 bits per heavy atom. The van der Waals surface area contributed by atoms with E-state index in [1.165, 1.54) is 25.3 Å². The van der Waals surface area contributed by atoms with Crippen LogP contribution in [0.25, 0.3) is 0 Å². The Bertz CT molecular complexity index is 1250.